The van der Waals surface area contributed by atoms with E-state index >= 15 is 0 Å². The number of benzene rings is 2. The number of nitrogens with one attached hydrogen (secondary N) is 1. The highest BCUT2D eigenvalue weighted by Crippen LogP contribution is 2.36. The number of amidine groups is 2. The van der Waals surface area contributed by atoms with Crippen LogP contribution in [-0.2, 0) is 21.9 Å². The van der Waals surface area contributed by atoms with Gasteiger partial charge in [0.15, 0.2) is 5.17 Å². The van der Waals surface area contributed by atoms with Gasteiger partial charge in [0.25, 0.3) is 5.91 Å². The van der Waals surface area contributed by atoms with E-state index in [1.807, 2.05) is 46.7 Å². The van der Waals surface area contributed by atoms with Crippen LogP contribution in [0.1, 0.15) is 28.8 Å². The fourth-order valence-corrected chi connectivity index (χ4v) is 5.57. The van der Waals surface area contributed by atoms with E-state index in [1.54, 1.807) is 29.5 Å². The van der Waals surface area contributed by atoms with Crippen molar-refractivity contribution < 1.29 is 14.0 Å². The molecule has 34 heavy (non-hydrogen) atoms. The molecule has 3 heterocycles. The molecule has 5 rings (SSSR count). The van der Waals surface area contributed by atoms with Crippen molar-refractivity contribution >= 4 is 51.6 Å². The number of hydrogen-bond acceptors (Lipinski definition) is 6. The van der Waals surface area contributed by atoms with Gasteiger partial charge < -0.3 is 5.32 Å². The summed E-state index contributed by atoms with van der Waals surface area (Å²) >= 11 is 2.94. The number of para-hydroxylation sites is 1. The molecular formula is C25H21FN4O2S2. The zero-order valence-corrected chi connectivity index (χ0v) is 19.7. The largest absolute Gasteiger partial charge is 0.351 e. The van der Waals surface area contributed by atoms with Crippen LogP contribution < -0.4 is 5.32 Å². The lowest BCUT2D eigenvalue weighted by molar-refractivity contribution is -0.122. The van der Waals surface area contributed by atoms with Crippen molar-refractivity contribution in [2.24, 2.45) is 9.98 Å². The van der Waals surface area contributed by atoms with Gasteiger partial charge in [-0.1, -0.05) is 48.2 Å². The Balaban J connectivity index is 1.33. The van der Waals surface area contributed by atoms with E-state index < -0.39 is 6.04 Å². The van der Waals surface area contributed by atoms with E-state index in [2.05, 4.69) is 10.3 Å². The molecule has 9 heteroatoms. The Hall–Kier alpha value is -3.30. The van der Waals surface area contributed by atoms with Gasteiger partial charge in [0.05, 0.1) is 12.2 Å². The molecule has 0 bridgehead atoms. The molecule has 1 N–H and O–H groups in total. The van der Waals surface area contributed by atoms with Gasteiger partial charge >= 0.3 is 0 Å². The first-order chi connectivity index (χ1) is 16.6. The van der Waals surface area contributed by atoms with Gasteiger partial charge in [-0.05, 0) is 41.6 Å². The minimum absolute atomic E-state index is 0.121. The standard InChI is InChI=1S/C25H21FN4O2S2/c26-19-9-3-1-6-16(19)15-34-25-28-20-10-4-2-8-18(20)23-29-24(32)21(30(23)25)11-12-22(31)27-14-17-7-5-13-33-17/h1-10,13,21H,11-12,14-15H2,(H,27,31). The summed E-state index contributed by atoms with van der Waals surface area (Å²) in [5.74, 6) is 0.203. The van der Waals surface area contributed by atoms with Crippen LogP contribution >= 0.6 is 23.1 Å². The molecule has 0 aliphatic carbocycles. The second-order valence-electron chi connectivity index (χ2n) is 7.85. The predicted octanol–water partition coefficient (Wildman–Crippen LogP) is 4.88. The molecule has 2 aromatic carbocycles. The van der Waals surface area contributed by atoms with Gasteiger partial charge in [0, 0.05) is 22.6 Å². The number of aliphatic imine (C=N–C) groups is 2. The summed E-state index contributed by atoms with van der Waals surface area (Å²) in [6, 6.07) is 17.4. The van der Waals surface area contributed by atoms with E-state index in [0.717, 1.165) is 16.1 Å². The minimum atomic E-state index is -0.622. The van der Waals surface area contributed by atoms with Gasteiger partial charge in [-0.25, -0.2) is 9.38 Å². The van der Waals surface area contributed by atoms with Crippen LogP contribution in [0.2, 0.25) is 0 Å². The average molecular weight is 493 g/mol. The maximum absolute atomic E-state index is 14.2. The number of nitrogens with zero attached hydrogens (tertiary/aromatic N) is 3. The molecule has 1 atom stereocenters. The van der Waals surface area contributed by atoms with Crippen LogP contribution in [0.4, 0.5) is 10.1 Å². The second-order valence-corrected chi connectivity index (χ2v) is 9.82. The van der Waals surface area contributed by atoms with E-state index in [9.17, 15) is 14.0 Å². The molecule has 172 valence electrons. The van der Waals surface area contributed by atoms with Gasteiger partial charge in [-0.15, -0.1) is 11.3 Å². The molecular weight excluding hydrogens is 471 g/mol. The zero-order valence-electron chi connectivity index (χ0n) is 18.1. The highest BCUT2D eigenvalue weighted by atomic mass is 32.2. The van der Waals surface area contributed by atoms with Crippen molar-refractivity contribution in [2.75, 3.05) is 0 Å². The molecule has 0 spiro atoms. The second kappa shape index (κ2) is 9.90. The number of carbonyl (C=O) groups is 2. The monoisotopic (exact) mass is 492 g/mol. The van der Waals surface area contributed by atoms with Gasteiger partial charge in [-0.3, -0.25) is 14.5 Å². The molecule has 1 aromatic heterocycles. The van der Waals surface area contributed by atoms with E-state index in [-0.39, 0.29) is 24.1 Å². The number of thiophene rings is 1. The Kier molecular flexibility index (Phi) is 6.55. The fourth-order valence-electron chi connectivity index (χ4n) is 3.89. The Morgan fingerprint density at radius 1 is 1.09 bits per heavy atom. The summed E-state index contributed by atoms with van der Waals surface area (Å²) in [6.45, 7) is 0.471. The van der Waals surface area contributed by atoms with Gasteiger partial charge in [-0.2, -0.15) is 4.99 Å². The number of halogens is 1. The third kappa shape index (κ3) is 4.67. The van der Waals surface area contributed by atoms with E-state index in [0.29, 0.717) is 35.3 Å². The van der Waals surface area contributed by atoms with Crippen molar-refractivity contribution in [3.63, 3.8) is 0 Å². The highest BCUT2D eigenvalue weighted by Gasteiger charge is 2.41. The number of carbonyl (C=O) groups excluding carboxylic acids is 2. The van der Waals surface area contributed by atoms with Gasteiger partial charge in [0.1, 0.15) is 17.7 Å². The molecule has 3 aromatic rings. The third-order valence-electron chi connectivity index (χ3n) is 5.61. The van der Waals surface area contributed by atoms with Crippen LogP contribution in [-0.4, -0.2) is 33.8 Å². The summed E-state index contributed by atoms with van der Waals surface area (Å²) in [7, 11) is 0. The molecule has 0 saturated carbocycles. The number of rotatable bonds is 7. The fraction of sp³-hybridized carbons (Fsp3) is 0.200. The lowest BCUT2D eigenvalue weighted by atomic mass is 10.1. The first kappa shape index (κ1) is 22.5. The molecule has 2 aliphatic rings. The van der Waals surface area contributed by atoms with Crippen molar-refractivity contribution in [3.8, 4) is 0 Å². The topological polar surface area (TPSA) is 74.1 Å². The zero-order chi connectivity index (χ0) is 23.5. The van der Waals surface area contributed by atoms with Crippen molar-refractivity contribution in [1.82, 2.24) is 10.2 Å². The SMILES string of the molecule is O=C(CCC1C(=O)N=C2c3ccccc3N=C(SCc3ccccc3F)N21)NCc1cccs1. The van der Waals surface area contributed by atoms with Crippen molar-refractivity contribution in [3.05, 3.63) is 87.9 Å². The number of thioether (sulfide) groups is 1. The quantitative estimate of drug-likeness (QED) is 0.510. The maximum atomic E-state index is 14.2. The molecule has 0 fully saturated rings. The number of amides is 2. The molecule has 6 nitrogen and oxygen atoms in total. The summed E-state index contributed by atoms with van der Waals surface area (Å²) in [4.78, 5) is 37.3. The lowest BCUT2D eigenvalue weighted by Gasteiger charge is -2.31. The number of fused-ring (bicyclic) bond motifs is 3. The summed E-state index contributed by atoms with van der Waals surface area (Å²) in [6.07, 6.45) is 0.498. The lowest BCUT2D eigenvalue weighted by Crippen LogP contribution is -2.44. The Morgan fingerprint density at radius 2 is 1.91 bits per heavy atom. The normalized spacial score (nSPS) is 16.6. The third-order valence-corrected chi connectivity index (χ3v) is 7.49. The summed E-state index contributed by atoms with van der Waals surface area (Å²) in [5, 5.41) is 5.45. The molecule has 2 aliphatic heterocycles. The Bertz CT molecular complexity index is 1290. The van der Waals surface area contributed by atoms with Crippen molar-refractivity contribution in [1.29, 1.82) is 0 Å². The smallest absolute Gasteiger partial charge is 0.270 e. The van der Waals surface area contributed by atoms with E-state index in [4.69, 9.17) is 4.99 Å². The Morgan fingerprint density at radius 3 is 2.74 bits per heavy atom. The molecule has 1 unspecified atom stereocenters. The van der Waals surface area contributed by atoms with Crippen LogP contribution in [0.15, 0.2) is 76.0 Å². The highest BCUT2D eigenvalue weighted by molar-refractivity contribution is 8.13. The molecule has 2 amide bonds. The summed E-state index contributed by atoms with van der Waals surface area (Å²) in [5.41, 5.74) is 2.05. The maximum Gasteiger partial charge on any atom is 0.270 e. The van der Waals surface area contributed by atoms with Crippen LogP contribution in [0, 0.1) is 5.82 Å². The first-order valence-corrected chi connectivity index (χ1v) is 12.7. The molecule has 0 saturated heterocycles. The van der Waals surface area contributed by atoms with Crippen LogP contribution in [0.3, 0.4) is 0 Å². The first-order valence-electron chi connectivity index (χ1n) is 10.9. The Labute approximate surface area is 204 Å². The average Bonchev–Trinajstić information content (AvgIpc) is 3.48. The van der Waals surface area contributed by atoms with Crippen LogP contribution in [0.25, 0.3) is 0 Å². The summed E-state index contributed by atoms with van der Waals surface area (Å²) < 4.78 is 14.2. The van der Waals surface area contributed by atoms with E-state index in [1.165, 1.54) is 17.8 Å². The number of hydrogen-bond donors (Lipinski definition) is 1. The van der Waals surface area contributed by atoms with Crippen LogP contribution in [0.5, 0.6) is 0 Å². The predicted molar refractivity (Wildman–Crippen MR) is 134 cm³/mol. The van der Waals surface area contributed by atoms with Gasteiger partial charge in [0.2, 0.25) is 5.91 Å². The van der Waals surface area contributed by atoms with Crippen molar-refractivity contribution in [2.45, 2.75) is 31.2 Å². The minimum Gasteiger partial charge on any atom is -0.351 e. The molecule has 0 radical (unpaired) electrons.